The Balaban J connectivity index is 2.45. The maximum absolute atomic E-state index is 12.0. The van der Waals surface area contributed by atoms with Crippen molar-refractivity contribution in [2.24, 2.45) is 11.7 Å². The third-order valence-corrected chi connectivity index (χ3v) is 3.24. The number of methoxy groups -OCH3 is 1. The highest BCUT2D eigenvalue weighted by molar-refractivity contribution is 5.79. The highest BCUT2D eigenvalue weighted by atomic mass is 16.5. The quantitative estimate of drug-likeness (QED) is 0.746. The number of nitrogens with two attached hydrogens (primary N) is 1. The normalized spacial score (nSPS) is 27.7. The van der Waals surface area contributed by atoms with Crippen LogP contribution in [-0.4, -0.2) is 43.7 Å². The molecule has 1 amide bonds. The molecule has 15 heavy (non-hydrogen) atoms. The first-order valence-electron chi connectivity index (χ1n) is 5.57. The van der Waals surface area contributed by atoms with Crippen LogP contribution in [0.25, 0.3) is 0 Å². The van der Waals surface area contributed by atoms with E-state index in [1.165, 1.54) is 0 Å². The Morgan fingerprint density at radius 2 is 2.27 bits per heavy atom. The fourth-order valence-electron chi connectivity index (χ4n) is 2.10. The fourth-order valence-corrected chi connectivity index (χ4v) is 2.10. The van der Waals surface area contributed by atoms with E-state index in [4.69, 9.17) is 10.5 Å². The Morgan fingerprint density at radius 1 is 1.60 bits per heavy atom. The molecule has 3 atom stereocenters. The first-order valence-corrected chi connectivity index (χ1v) is 5.57. The summed E-state index contributed by atoms with van der Waals surface area (Å²) in [5.74, 6) is 0.344. The van der Waals surface area contributed by atoms with Crippen LogP contribution in [0.4, 0.5) is 0 Å². The molecule has 1 saturated carbocycles. The van der Waals surface area contributed by atoms with Gasteiger partial charge in [-0.2, -0.15) is 0 Å². The van der Waals surface area contributed by atoms with Gasteiger partial charge >= 0.3 is 0 Å². The van der Waals surface area contributed by atoms with E-state index >= 15 is 0 Å². The smallest absolute Gasteiger partial charge is 0.225 e. The van der Waals surface area contributed by atoms with Crippen LogP contribution in [0.2, 0.25) is 0 Å². The van der Waals surface area contributed by atoms with Crippen molar-refractivity contribution in [1.29, 1.82) is 0 Å². The van der Waals surface area contributed by atoms with Gasteiger partial charge in [-0.05, 0) is 26.2 Å². The molecule has 4 heteroatoms. The van der Waals surface area contributed by atoms with Gasteiger partial charge in [-0.15, -0.1) is 0 Å². The molecule has 0 aromatic rings. The number of hydrogen-bond donors (Lipinski definition) is 1. The Hall–Kier alpha value is -0.610. The van der Waals surface area contributed by atoms with Crippen molar-refractivity contribution in [1.82, 2.24) is 4.90 Å². The van der Waals surface area contributed by atoms with Crippen LogP contribution in [0, 0.1) is 5.92 Å². The predicted octanol–water partition coefficient (Wildman–Crippen LogP) is 0.607. The third-order valence-electron chi connectivity index (χ3n) is 3.24. The lowest BCUT2D eigenvalue weighted by atomic mass is 10.1. The molecule has 1 fully saturated rings. The Kier molecular flexibility index (Phi) is 4.54. The van der Waals surface area contributed by atoms with E-state index in [-0.39, 0.29) is 23.9 Å². The van der Waals surface area contributed by atoms with Crippen LogP contribution in [-0.2, 0) is 9.53 Å². The van der Waals surface area contributed by atoms with E-state index < -0.39 is 0 Å². The number of ether oxygens (including phenoxy) is 1. The fraction of sp³-hybridized carbons (Fsp3) is 0.909. The monoisotopic (exact) mass is 214 g/mol. The summed E-state index contributed by atoms with van der Waals surface area (Å²) < 4.78 is 5.04. The Morgan fingerprint density at radius 3 is 2.73 bits per heavy atom. The van der Waals surface area contributed by atoms with E-state index in [0.717, 1.165) is 19.3 Å². The largest absolute Gasteiger partial charge is 0.383 e. The summed E-state index contributed by atoms with van der Waals surface area (Å²) in [5, 5.41) is 0. The first kappa shape index (κ1) is 12.5. The minimum atomic E-state index is 0.129. The third kappa shape index (κ3) is 3.18. The summed E-state index contributed by atoms with van der Waals surface area (Å²) in [4.78, 5) is 13.8. The van der Waals surface area contributed by atoms with Crippen LogP contribution >= 0.6 is 0 Å². The van der Waals surface area contributed by atoms with E-state index in [1.54, 1.807) is 12.0 Å². The van der Waals surface area contributed by atoms with Crippen molar-refractivity contribution < 1.29 is 9.53 Å². The van der Waals surface area contributed by atoms with Crippen molar-refractivity contribution in [3.63, 3.8) is 0 Å². The Bertz CT molecular complexity index is 221. The molecule has 0 bridgehead atoms. The van der Waals surface area contributed by atoms with Gasteiger partial charge in [-0.25, -0.2) is 0 Å². The van der Waals surface area contributed by atoms with E-state index in [1.807, 2.05) is 14.0 Å². The Labute approximate surface area is 91.8 Å². The van der Waals surface area contributed by atoms with E-state index in [0.29, 0.717) is 6.61 Å². The molecule has 2 N–H and O–H groups in total. The zero-order chi connectivity index (χ0) is 11.4. The molecular weight excluding hydrogens is 192 g/mol. The minimum absolute atomic E-state index is 0.129. The topological polar surface area (TPSA) is 55.6 Å². The maximum Gasteiger partial charge on any atom is 0.225 e. The zero-order valence-electron chi connectivity index (χ0n) is 9.90. The average Bonchev–Trinajstić information content (AvgIpc) is 2.63. The van der Waals surface area contributed by atoms with Crippen molar-refractivity contribution in [2.45, 2.75) is 38.3 Å². The zero-order valence-corrected chi connectivity index (χ0v) is 9.90. The lowest BCUT2D eigenvalue weighted by molar-refractivity contribution is -0.136. The summed E-state index contributed by atoms with van der Waals surface area (Å²) >= 11 is 0. The van der Waals surface area contributed by atoms with Crippen LogP contribution < -0.4 is 5.73 Å². The highest BCUT2D eigenvalue weighted by Crippen LogP contribution is 2.26. The summed E-state index contributed by atoms with van der Waals surface area (Å²) in [6.45, 7) is 2.58. The van der Waals surface area contributed by atoms with Crippen molar-refractivity contribution in [3.8, 4) is 0 Å². The van der Waals surface area contributed by atoms with Crippen molar-refractivity contribution in [2.75, 3.05) is 20.8 Å². The van der Waals surface area contributed by atoms with Gasteiger partial charge in [-0.3, -0.25) is 4.79 Å². The molecule has 1 rings (SSSR count). The number of hydrogen-bond acceptors (Lipinski definition) is 3. The van der Waals surface area contributed by atoms with Crippen LogP contribution in [0.1, 0.15) is 26.2 Å². The summed E-state index contributed by atoms with van der Waals surface area (Å²) in [7, 11) is 3.50. The molecular formula is C11H22N2O2. The minimum Gasteiger partial charge on any atom is -0.383 e. The number of carbonyl (C=O) groups excluding carboxylic acids is 1. The molecule has 0 spiro atoms. The second kappa shape index (κ2) is 5.47. The second-order valence-corrected chi connectivity index (χ2v) is 4.52. The van der Waals surface area contributed by atoms with E-state index in [2.05, 4.69) is 0 Å². The molecule has 3 unspecified atom stereocenters. The number of carbonyl (C=O) groups is 1. The van der Waals surface area contributed by atoms with Crippen molar-refractivity contribution >= 4 is 5.91 Å². The van der Waals surface area contributed by atoms with Crippen LogP contribution in [0.3, 0.4) is 0 Å². The molecule has 0 aliphatic heterocycles. The number of amides is 1. The van der Waals surface area contributed by atoms with Gasteiger partial charge in [0.15, 0.2) is 0 Å². The van der Waals surface area contributed by atoms with Gasteiger partial charge < -0.3 is 15.4 Å². The highest BCUT2D eigenvalue weighted by Gasteiger charge is 2.31. The molecule has 88 valence electrons. The first-order chi connectivity index (χ1) is 7.06. The number of rotatable bonds is 4. The molecule has 1 aliphatic carbocycles. The van der Waals surface area contributed by atoms with Crippen LogP contribution in [0.15, 0.2) is 0 Å². The summed E-state index contributed by atoms with van der Waals surface area (Å²) in [6.07, 6.45) is 2.75. The van der Waals surface area contributed by atoms with E-state index in [9.17, 15) is 4.79 Å². The maximum atomic E-state index is 12.0. The second-order valence-electron chi connectivity index (χ2n) is 4.52. The molecule has 0 aromatic heterocycles. The SMILES string of the molecule is COCC(C)N(C)C(=O)C1CCC(N)C1. The predicted molar refractivity (Wildman–Crippen MR) is 59.4 cm³/mol. The van der Waals surface area contributed by atoms with Gasteiger partial charge in [0.1, 0.15) is 0 Å². The molecule has 0 heterocycles. The number of nitrogens with zero attached hydrogens (tertiary/aromatic N) is 1. The van der Waals surface area contributed by atoms with Crippen molar-refractivity contribution in [3.05, 3.63) is 0 Å². The molecule has 0 aromatic carbocycles. The molecule has 0 radical (unpaired) electrons. The molecule has 0 saturated heterocycles. The van der Waals surface area contributed by atoms with Gasteiger partial charge in [0.2, 0.25) is 5.91 Å². The van der Waals surface area contributed by atoms with Gasteiger partial charge in [-0.1, -0.05) is 0 Å². The summed E-state index contributed by atoms with van der Waals surface area (Å²) in [6, 6.07) is 0.351. The van der Waals surface area contributed by atoms with Gasteiger partial charge in [0.25, 0.3) is 0 Å². The van der Waals surface area contributed by atoms with Gasteiger partial charge in [0, 0.05) is 26.1 Å². The standard InChI is InChI=1S/C11H22N2O2/c1-8(7-15-3)13(2)11(14)9-4-5-10(12)6-9/h8-10H,4-7,12H2,1-3H3. The molecule has 1 aliphatic rings. The lowest BCUT2D eigenvalue weighted by Gasteiger charge is -2.27. The lowest BCUT2D eigenvalue weighted by Crippen LogP contribution is -2.41. The summed E-state index contributed by atoms with van der Waals surface area (Å²) in [5.41, 5.74) is 5.80. The van der Waals surface area contributed by atoms with Gasteiger partial charge in [0.05, 0.1) is 12.6 Å². The van der Waals surface area contributed by atoms with Crippen LogP contribution in [0.5, 0.6) is 0 Å². The number of likely N-dealkylation sites (N-methyl/N-ethyl adjacent to an activating group) is 1. The molecule has 4 nitrogen and oxygen atoms in total. The average molecular weight is 214 g/mol.